The molecular weight excluding hydrogens is 248 g/mol. The van der Waals surface area contributed by atoms with Crippen molar-refractivity contribution in [2.24, 2.45) is 0 Å². The molecule has 1 aliphatic heterocycles. The van der Waals surface area contributed by atoms with Crippen LogP contribution in [0, 0.1) is 6.92 Å². The molecule has 0 unspecified atom stereocenters. The van der Waals surface area contributed by atoms with E-state index in [1.165, 1.54) is 42.9 Å². The fraction of sp³-hybridized carbons (Fsp3) is 0.375. The van der Waals surface area contributed by atoms with Gasteiger partial charge < -0.3 is 10.2 Å². The number of aromatic nitrogens is 2. The predicted octanol–water partition coefficient (Wildman–Crippen LogP) is 3.00. The second-order valence-corrected chi connectivity index (χ2v) is 5.25. The third-order valence-corrected chi connectivity index (χ3v) is 3.78. The molecule has 2 aromatic rings. The first kappa shape index (κ1) is 12.9. The maximum Gasteiger partial charge on any atom is 0.115 e. The van der Waals surface area contributed by atoms with Crippen molar-refractivity contribution in [3.8, 4) is 0 Å². The standard InChI is InChI=1S/C16H20N4/c1-13-10-15(20-8-2-3-9-20)4-5-16(13)18-11-14-6-7-17-12-19-14/h4-7,10,12,18H,2-3,8-9,11H2,1H3. The number of nitrogens with one attached hydrogen (secondary N) is 1. The summed E-state index contributed by atoms with van der Waals surface area (Å²) in [5, 5.41) is 3.44. The summed E-state index contributed by atoms with van der Waals surface area (Å²) in [6.07, 6.45) is 5.98. The molecule has 1 aromatic carbocycles. The molecule has 0 spiro atoms. The fourth-order valence-electron chi connectivity index (χ4n) is 2.63. The van der Waals surface area contributed by atoms with Gasteiger partial charge in [0.25, 0.3) is 0 Å². The van der Waals surface area contributed by atoms with E-state index in [1.54, 1.807) is 12.5 Å². The van der Waals surface area contributed by atoms with Crippen LogP contribution in [0.15, 0.2) is 36.8 Å². The van der Waals surface area contributed by atoms with Crippen LogP contribution < -0.4 is 10.2 Å². The zero-order valence-corrected chi connectivity index (χ0v) is 11.8. The summed E-state index contributed by atoms with van der Waals surface area (Å²) in [5.74, 6) is 0. The average molecular weight is 268 g/mol. The third-order valence-electron chi connectivity index (χ3n) is 3.78. The lowest BCUT2D eigenvalue weighted by molar-refractivity contribution is 0.949. The number of hydrogen-bond donors (Lipinski definition) is 1. The summed E-state index contributed by atoms with van der Waals surface area (Å²) in [7, 11) is 0. The van der Waals surface area contributed by atoms with Gasteiger partial charge in [-0.05, 0) is 49.6 Å². The summed E-state index contributed by atoms with van der Waals surface area (Å²) in [6.45, 7) is 5.26. The normalized spacial score (nSPS) is 14.6. The van der Waals surface area contributed by atoms with Crippen LogP contribution in [0.2, 0.25) is 0 Å². The Kier molecular flexibility index (Phi) is 3.81. The maximum absolute atomic E-state index is 4.22. The number of benzene rings is 1. The highest BCUT2D eigenvalue weighted by Gasteiger charge is 2.12. The van der Waals surface area contributed by atoms with E-state index in [9.17, 15) is 0 Å². The van der Waals surface area contributed by atoms with Crippen LogP contribution in [0.25, 0.3) is 0 Å². The van der Waals surface area contributed by atoms with E-state index in [-0.39, 0.29) is 0 Å². The summed E-state index contributed by atoms with van der Waals surface area (Å²) in [6, 6.07) is 8.58. The lowest BCUT2D eigenvalue weighted by Crippen LogP contribution is -2.17. The SMILES string of the molecule is Cc1cc(N2CCCC2)ccc1NCc1ccncn1. The van der Waals surface area contributed by atoms with E-state index < -0.39 is 0 Å². The van der Waals surface area contributed by atoms with Crippen molar-refractivity contribution in [3.05, 3.63) is 48.0 Å². The summed E-state index contributed by atoms with van der Waals surface area (Å²) >= 11 is 0. The molecule has 1 aliphatic rings. The molecule has 20 heavy (non-hydrogen) atoms. The minimum absolute atomic E-state index is 0.729. The van der Waals surface area contributed by atoms with E-state index in [4.69, 9.17) is 0 Å². The smallest absolute Gasteiger partial charge is 0.115 e. The molecule has 2 heterocycles. The van der Waals surface area contributed by atoms with Crippen molar-refractivity contribution in [2.75, 3.05) is 23.3 Å². The molecule has 0 aliphatic carbocycles. The molecule has 1 N–H and O–H groups in total. The van der Waals surface area contributed by atoms with Gasteiger partial charge in [0.05, 0.1) is 12.2 Å². The number of rotatable bonds is 4. The van der Waals surface area contributed by atoms with Gasteiger partial charge in [-0.25, -0.2) is 9.97 Å². The van der Waals surface area contributed by atoms with Gasteiger partial charge in [-0.2, -0.15) is 0 Å². The zero-order chi connectivity index (χ0) is 13.8. The Hall–Kier alpha value is -2.10. The van der Waals surface area contributed by atoms with Crippen LogP contribution in [0.1, 0.15) is 24.1 Å². The van der Waals surface area contributed by atoms with Gasteiger partial charge in [-0.15, -0.1) is 0 Å². The van der Waals surface area contributed by atoms with Crippen LogP contribution >= 0.6 is 0 Å². The number of nitrogens with zero attached hydrogens (tertiary/aromatic N) is 3. The fourth-order valence-corrected chi connectivity index (χ4v) is 2.63. The lowest BCUT2D eigenvalue weighted by atomic mass is 10.1. The zero-order valence-electron chi connectivity index (χ0n) is 11.8. The number of hydrogen-bond acceptors (Lipinski definition) is 4. The van der Waals surface area contributed by atoms with E-state index in [1.807, 2.05) is 6.07 Å². The molecule has 4 nitrogen and oxygen atoms in total. The van der Waals surface area contributed by atoms with Crippen LogP contribution in [0.5, 0.6) is 0 Å². The van der Waals surface area contributed by atoms with Gasteiger partial charge in [0.15, 0.2) is 0 Å². The highest BCUT2D eigenvalue weighted by molar-refractivity contribution is 5.60. The Labute approximate surface area is 119 Å². The van der Waals surface area contributed by atoms with Gasteiger partial charge in [-0.3, -0.25) is 0 Å². The van der Waals surface area contributed by atoms with E-state index in [0.717, 1.165) is 12.2 Å². The van der Waals surface area contributed by atoms with Crippen LogP contribution in [0.4, 0.5) is 11.4 Å². The minimum atomic E-state index is 0.729. The lowest BCUT2D eigenvalue weighted by Gasteiger charge is -2.19. The second kappa shape index (κ2) is 5.90. The summed E-state index contributed by atoms with van der Waals surface area (Å²) in [5.41, 5.74) is 4.80. The van der Waals surface area contributed by atoms with Gasteiger partial charge in [0.1, 0.15) is 6.33 Å². The first-order valence-electron chi connectivity index (χ1n) is 7.17. The van der Waals surface area contributed by atoms with Crippen molar-refractivity contribution in [2.45, 2.75) is 26.3 Å². The third kappa shape index (κ3) is 2.90. The molecule has 0 bridgehead atoms. The summed E-state index contributed by atoms with van der Waals surface area (Å²) < 4.78 is 0. The Morgan fingerprint density at radius 1 is 1.20 bits per heavy atom. The summed E-state index contributed by atoms with van der Waals surface area (Å²) in [4.78, 5) is 10.6. The Bertz CT molecular complexity index is 562. The van der Waals surface area contributed by atoms with Crippen molar-refractivity contribution in [1.29, 1.82) is 0 Å². The molecule has 1 saturated heterocycles. The average Bonchev–Trinajstić information content (AvgIpc) is 3.01. The highest BCUT2D eigenvalue weighted by Crippen LogP contribution is 2.25. The van der Waals surface area contributed by atoms with E-state index in [2.05, 4.69) is 45.3 Å². The second-order valence-electron chi connectivity index (χ2n) is 5.25. The largest absolute Gasteiger partial charge is 0.379 e. The van der Waals surface area contributed by atoms with Crippen LogP contribution in [0.3, 0.4) is 0 Å². The minimum Gasteiger partial charge on any atom is -0.379 e. The molecule has 1 aromatic heterocycles. The van der Waals surface area contributed by atoms with Crippen molar-refractivity contribution in [3.63, 3.8) is 0 Å². The molecule has 104 valence electrons. The Morgan fingerprint density at radius 3 is 2.75 bits per heavy atom. The topological polar surface area (TPSA) is 41.0 Å². The van der Waals surface area contributed by atoms with Crippen LogP contribution in [-0.4, -0.2) is 23.1 Å². The van der Waals surface area contributed by atoms with Gasteiger partial charge >= 0.3 is 0 Å². The molecule has 4 heteroatoms. The quantitative estimate of drug-likeness (QED) is 0.925. The maximum atomic E-state index is 4.22. The van der Waals surface area contributed by atoms with E-state index >= 15 is 0 Å². The van der Waals surface area contributed by atoms with Crippen LogP contribution in [-0.2, 0) is 6.54 Å². The first-order valence-corrected chi connectivity index (χ1v) is 7.17. The van der Waals surface area contributed by atoms with E-state index in [0.29, 0.717) is 0 Å². The molecule has 0 saturated carbocycles. The molecule has 0 atom stereocenters. The van der Waals surface area contributed by atoms with Gasteiger partial charge in [-0.1, -0.05) is 0 Å². The monoisotopic (exact) mass is 268 g/mol. The predicted molar refractivity (Wildman–Crippen MR) is 82.0 cm³/mol. The molecule has 0 amide bonds. The highest BCUT2D eigenvalue weighted by atomic mass is 15.1. The molecule has 1 fully saturated rings. The molecule has 0 radical (unpaired) electrons. The molecule has 3 rings (SSSR count). The number of aryl methyl sites for hydroxylation is 1. The molecular formula is C16H20N4. The Balaban J connectivity index is 1.68. The van der Waals surface area contributed by atoms with Crippen molar-refractivity contribution in [1.82, 2.24) is 9.97 Å². The van der Waals surface area contributed by atoms with Crippen molar-refractivity contribution >= 4 is 11.4 Å². The number of anilines is 2. The Morgan fingerprint density at radius 2 is 2.05 bits per heavy atom. The van der Waals surface area contributed by atoms with Crippen molar-refractivity contribution < 1.29 is 0 Å². The van der Waals surface area contributed by atoms with Gasteiger partial charge in [0.2, 0.25) is 0 Å². The first-order chi connectivity index (χ1) is 9.83. The van der Waals surface area contributed by atoms with Gasteiger partial charge in [0, 0.05) is 30.7 Å².